The second kappa shape index (κ2) is 7.74. The van der Waals surface area contributed by atoms with Crippen LogP contribution in [0, 0.1) is 0 Å². The lowest BCUT2D eigenvalue weighted by molar-refractivity contribution is 0.579. The number of hydrogen-bond donors (Lipinski definition) is 1. The normalized spacial score (nSPS) is 11.6. The van der Waals surface area contributed by atoms with E-state index in [1.165, 1.54) is 4.90 Å². The Morgan fingerprint density at radius 1 is 1.24 bits per heavy atom. The largest absolute Gasteiger partial charge is 0.215 e. The second-order valence-corrected chi connectivity index (χ2v) is 6.82. The predicted octanol–water partition coefficient (Wildman–Crippen LogP) is 2.50. The van der Waals surface area contributed by atoms with E-state index in [2.05, 4.69) is 16.9 Å². The first-order valence-corrected chi connectivity index (χ1v) is 8.43. The summed E-state index contributed by atoms with van der Waals surface area (Å²) in [4.78, 5) is 1.23. The van der Waals surface area contributed by atoms with Crippen LogP contribution in [0.1, 0.15) is 19.8 Å². The van der Waals surface area contributed by atoms with Crippen LogP contribution >= 0.6 is 11.8 Å². The van der Waals surface area contributed by atoms with Crippen LogP contribution in [-0.4, -0.2) is 26.5 Å². The first kappa shape index (κ1) is 14.5. The summed E-state index contributed by atoms with van der Waals surface area (Å²) in [5, 5.41) is 0. The summed E-state index contributed by atoms with van der Waals surface area (Å²) in [5.41, 5.74) is 0. The van der Waals surface area contributed by atoms with E-state index in [0.717, 1.165) is 12.2 Å². The molecule has 96 valence electrons. The molecule has 1 aromatic carbocycles. The summed E-state index contributed by atoms with van der Waals surface area (Å²) >= 11 is 1.75. The van der Waals surface area contributed by atoms with Crippen LogP contribution < -0.4 is 4.72 Å². The van der Waals surface area contributed by atoms with Crippen LogP contribution in [0.25, 0.3) is 0 Å². The molecule has 0 atom stereocenters. The van der Waals surface area contributed by atoms with Crippen LogP contribution in [-0.2, 0) is 10.0 Å². The zero-order chi connectivity index (χ0) is 12.6. The van der Waals surface area contributed by atoms with Crippen molar-refractivity contribution < 1.29 is 8.42 Å². The van der Waals surface area contributed by atoms with Crippen molar-refractivity contribution in [2.45, 2.75) is 24.7 Å². The number of rotatable bonds is 8. The predicted molar refractivity (Wildman–Crippen MR) is 73.9 cm³/mol. The van der Waals surface area contributed by atoms with Crippen molar-refractivity contribution in [3.8, 4) is 0 Å². The van der Waals surface area contributed by atoms with Gasteiger partial charge in [-0.2, -0.15) is 0 Å². The Kier molecular flexibility index (Phi) is 6.62. The first-order chi connectivity index (χ1) is 8.14. The van der Waals surface area contributed by atoms with Crippen LogP contribution in [0.4, 0.5) is 0 Å². The van der Waals surface area contributed by atoms with E-state index in [-0.39, 0.29) is 5.75 Å². The molecular weight excluding hydrogens is 254 g/mol. The third-order valence-corrected chi connectivity index (χ3v) is 4.82. The van der Waals surface area contributed by atoms with Gasteiger partial charge in [-0.3, -0.25) is 0 Å². The van der Waals surface area contributed by atoms with E-state index in [0.29, 0.717) is 13.0 Å². The van der Waals surface area contributed by atoms with Crippen molar-refractivity contribution in [3.63, 3.8) is 0 Å². The van der Waals surface area contributed by atoms with E-state index in [1.54, 1.807) is 11.8 Å². The van der Waals surface area contributed by atoms with Crippen LogP contribution in [0.5, 0.6) is 0 Å². The van der Waals surface area contributed by atoms with Gasteiger partial charge in [-0.05, 0) is 30.7 Å². The van der Waals surface area contributed by atoms with E-state index in [4.69, 9.17) is 0 Å². The molecule has 0 radical (unpaired) electrons. The molecular formula is C12H19NO2S2. The SMILES string of the molecule is CCCS(=O)(=O)NCCCSc1ccccc1. The first-order valence-electron chi connectivity index (χ1n) is 5.79. The van der Waals surface area contributed by atoms with Crippen molar-refractivity contribution in [1.29, 1.82) is 0 Å². The Morgan fingerprint density at radius 3 is 2.59 bits per heavy atom. The highest BCUT2D eigenvalue weighted by molar-refractivity contribution is 7.99. The molecule has 3 nitrogen and oxygen atoms in total. The Hall–Kier alpha value is -0.520. The fourth-order valence-electron chi connectivity index (χ4n) is 1.35. The third-order valence-electron chi connectivity index (χ3n) is 2.13. The molecule has 1 N–H and O–H groups in total. The smallest absolute Gasteiger partial charge is 0.211 e. The molecule has 17 heavy (non-hydrogen) atoms. The van der Waals surface area contributed by atoms with Gasteiger partial charge in [0.2, 0.25) is 10.0 Å². The molecule has 0 saturated heterocycles. The minimum Gasteiger partial charge on any atom is -0.215 e. The molecule has 5 heteroatoms. The Balaban J connectivity index is 2.13. The highest BCUT2D eigenvalue weighted by Gasteiger charge is 2.06. The molecule has 0 bridgehead atoms. The number of benzene rings is 1. The molecule has 0 heterocycles. The second-order valence-electron chi connectivity index (χ2n) is 3.73. The minimum atomic E-state index is -3.04. The van der Waals surface area contributed by atoms with Gasteiger partial charge in [0, 0.05) is 11.4 Å². The van der Waals surface area contributed by atoms with Gasteiger partial charge in [0.25, 0.3) is 0 Å². The molecule has 0 saturated carbocycles. The number of sulfonamides is 1. The summed E-state index contributed by atoms with van der Waals surface area (Å²) in [6.45, 7) is 2.40. The van der Waals surface area contributed by atoms with Gasteiger partial charge in [-0.1, -0.05) is 25.1 Å². The van der Waals surface area contributed by atoms with Crippen molar-refractivity contribution in [3.05, 3.63) is 30.3 Å². The molecule has 0 aliphatic rings. The van der Waals surface area contributed by atoms with Gasteiger partial charge in [0.05, 0.1) is 5.75 Å². The lowest BCUT2D eigenvalue weighted by Gasteiger charge is -2.05. The summed E-state index contributed by atoms with van der Waals surface area (Å²) < 4.78 is 25.3. The summed E-state index contributed by atoms with van der Waals surface area (Å²) in [7, 11) is -3.04. The Labute approximate surface area is 108 Å². The fraction of sp³-hybridized carbons (Fsp3) is 0.500. The maximum atomic E-state index is 11.3. The molecule has 0 fully saturated rings. The quantitative estimate of drug-likeness (QED) is 0.585. The monoisotopic (exact) mass is 273 g/mol. The average Bonchev–Trinajstić information content (AvgIpc) is 2.30. The number of thioether (sulfide) groups is 1. The van der Waals surface area contributed by atoms with Crippen LogP contribution in [0.2, 0.25) is 0 Å². The van der Waals surface area contributed by atoms with Gasteiger partial charge in [-0.25, -0.2) is 13.1 Å². The standard InChI is InChI=1S/C12H19NO2S2/c1-2-11-17(14,15)13-9-6-10-16-12-7-4-3-5-8-12/h3-5,7-8,13H,2,6,9-11H2,1H3. The van der Waals surface area contributed by atoms with Gasteiger partial charge in [0.1, 0.15) is 0 Å². The highest BCUT2D eigenvalue weighted by Crippen LogP contribution is 2.17. The minimum absolute atomic E-state index is 0.221. The van der Waals surface area contributed by atoms with Crippen molar-refractivity contribution in [2.24, 2.45) is 0 Å². The van der Waals surface area contributed by atoms with Gasteiger partial charge >= 0.3 is 0 Å². The topological polar surface area (TPSA) is 46.2 Å². The van der Waals surface area contributed by atoms with Crippen LogP contribution in [0.3, 0.4) is 0 Å². The van der Waals surface area contributed by atoms with E-state index in [1.807, 2.05) is 25.1 Å². The Bertz CT molecular complexity index is 404. The zero-order valence-corrected chi connectivity index (χ0v) is 11.7. The maximum Gasteiger partial charge on any atom is 0.211 e. The van der Waals surface area contributed by atoms with Crippen molar-refractivity contribution >= 4 is 21.8 Å². The van der Waals surface area contributed by atoms with Gasteiger partial charge in [0.15, 0.2) is 0 Å². The van der Waals surface area contributed by atoms with Crippen LogP contribution in [0.15, 0.2) is 35.2 Å². The number of nitrogens with one attached hydrogen (secondary N) is 1. The molecule has 0 amide bonds. The van der Waals surface area contributed by atoms with Gasteiger partial charge < -0.3 is 0 Å². The molecule has 0 aromatic heterocycles. The Morgan fingerprint density at radius 2 is 1.94 bits per heavy atom. The molecule has 0 aliphatic heterocycles. The average molecular weight is 273 g/mol. The maximum absolute atomic E-state index is 11.3. The summed E-state index contributed by atoms with van der Waals surface area (Å²) in [5.74, 6) is 1.15. The third kappa shape index (κ3) is 6.71. The van der Waals surface area contributed by atoms with E-state index >= 15 is 0 Å². The fourth-order valence-corrected chi connectivity index (χ4v) is 3.36. The van der Waals surface area contributed by atoms with Gasteiger partial charge in [-0.15, -0.1) is 11.8 Å². The molecule has 1 aromatic rings. The summed E-state index contributed by atoms with van der Waals surface area (Å²) in [6, 6.07) is 10.1. The lowest BCUT2D eigenvalue weighted by atomic mass is 10.4. The van der Waals surface area contributed by atoms with Crippen molar-refractivity contribution in [1.82, 2.24) is 4.72 Å². The molecule has 1 rings (SSSR count). The van der Waals surface area contributed by atoms with E-state index in [9.17, 15) is 8.42 Å². The number of hydrogen-bond acceptors (Lipinski definition) is 3. The molecule has 0 aliphatic carbocycles. The molecule has 0 spiro atoms. The highest BCUT2D eigenvalue weighted by atomic mass is 32.2. The van der Waals surface area contributed by atoms with Crippen molar-refractivity contribution in [2.75, 3.05) is 18.1 Å². The summed E-state index contributed by atoms with van der Waals surface area (Å²) in [6.07, 6.45) is 1.51. The molecule has 0 unspecified atom stereocenters. The zero-order valence-electron chi connectivity index (χ0n) is 10.1. The van der Waals surface area contributed by atoms with E-state index < -0.39 is 10.0 Å². The lowest BCUT2D eigenvalue weighted by Crippen LogP contribution is -2.27.